The van der Waals surface area contributed by atoms with Crippen molar-refractivity contribution in [2.24, 2.45) is 0 Å². The van der Waals surface area contributed by atoms with E-state index >= 15 is 0 Å². The Kier molecular flexibility index (Phi) is 6.40. The van der Waals surface area contributed by atoms with Crippen LogP contribution in [0.2, 0.25) is 0 Å². The predicted molar refractivity (Wildman–Crippen MR) is 234 cm³/mol. The molecular formula is C53H35NO2. The minimum Gasteiger partial charge on any atom is -0.455 e. The highest BCUT2D eigenvalue weighted by Crippen LogP contribution is 2.53. The molecule has 1 aliphatic carbocycles. The molecule has 3 heteroatoms. The molecule has 0 saturated heterocycles. The maximum absolute atomic E-state index is 7.10. The van der Waals surface area contributed by atoms with Gasteiger partial charge in [-0.15, -0.1) is 0 Å². The molecule has 0 amide bonds. The van der Waals surface area contributed by atoms with Crippen LogP contribution < -0.4 is 4.90 Å². The summed E-state index contributed by atoms with van der Waals surface area (Å²) < 4.78 is 13.8. The molecule has 0 saturated carbocycles. The third-order valence-electron chi connectivity index (χ3n) is 12.2. The average molecular weight is 718 g/mol. The van der Waals surface area contributed by atoms with E-state index in [0.29, 0.717) is 0 Å². The number of benzene rings is 9. The Labute approximate surface area is 323 Å². The third-order valence-corrected chi connectivity index (χ3v) is 12.2. The molecule has 0 spiro atoms. The van der Waals surface area contributed by atoms with E-state index in [1.54, 1.807) is 0 Å². The molecule has 264 valence electrons. The third kappa shape index (κ3) is 4.28. The highest BCUT2D eigenvalue weighted by molar-refractivity contribution is 6.24. The zero-order chi connectivity index (χ0) is 37.1. The van der Waals surface area contributed by atoms with Gasteiger partial charge in [0.25, 0.3) is 0 Å². The largest absolute Gasteiger partial charge is 0.455 e. The summed E-state index contributed by atoms with van der Waals surface area (Å²) in [7, 11) is 0. The lowest BCUT2D eigenvalue weighted by Crippen LogP contribution is -2.16. The van der Waals surface area contributed by atoms with Gasteiger partial charge >= 0.3 is 0 Å². The first-order valence-electron chi connectivity index (χ1n) is 19.3. The van der Waals surface area contributed by atoms with Crippen LogP contribution in [0.5, 0.6) is 0 Å². The van der Waals surface area contributed by atoms with Crippen molar-refractivity contribution in [2.45, 2.75) is 19.3 Å². The zero-order valence-corrected chi connectivity index (χ0v) is 31.0. The molecule has 0 aliphatic heterocycles. The molecule has 0 bridgehead atoms. The first-order valence-corrected chi connectivity index (χ1v) is 19.3. The smallest absolute Gasteiger partial charge is 0.144 e. The van der Waals surface area contributed by atoms with Crippen molar-refractivity contribution >= 4 is 82.5 Å². The van der Waals surface area contributed by atoms with Crippen LogP contribution in [0.3, 0.4) is 0 Å². The number of nitrogens with zero attached hydrogens (tertiary/aromatic N) is 1. The molecule has 1 aliphatic rings. The molecule has 0 N–H and O–H groups in total. The summed E-state index contributed by atoms with van der Waals surface area (Å²) in [4.78, 5) is 2.45. The molecule has 11 aromatic rings. The first kappa shape index (κ1) is 31.3. The number of anilines is 3. The number of para-hydroxylation sites is 2. The number of rotatable bonds is 4. The topological polar surface area (TPSA) is 29.5 Å². The van der Waals surface area contributed by atoms with E-state index in [0.717, 1.165) is 82.8 Å². The van der Waals surface area contributed by atoms with Gasteiger partial charge in [0.05, 0.1) is 16.8 Å². The second kappa shape index (κ2) is 11.5. The van der Waals surface area contributed by atoms with E-state index < -0.39 is 0 Å². The quantitative estimate of drug-likeness (QED) is 0.182. The van der Waals surface area contributed by atoms with Gasteiger partial charge in [0, 0.05) is 43.8 Å². The lowest BCUT2D eigenvalue weighted by atomic mass is 9.82. The monoisotopic (exact) mass is 717 g/mol. The van der Waals surface area contributed by atoms with Gasteiger partial charge in [0.15, 0.2) is 0 Å². The fourth-order valence-corrected chi connectivity index (χ4v) is 9.65. The van der Waals surface area contributed by atoms with Crippen LogP contribution in [0.1, 0.15) is 25.0 Å². The maximum atomic E-state index is 7.10. The molecule has 56 heavy (non-hydrogen) atoms. The van der Waals surface area contributed by atoms with E-state index in [4.69, 9.17) is 8.83 Å². The van der Waals surface area contributed by atoms with E-state index in [-0.39, 0.29) is 5.41 Å². The Hall–Kier alpha value is -7.10. The summed E-state index contributed by atoms with van der Waals surface area (Å²) in [6.07, 6.45) is 0. The van der Waals surface area contributed by atoms with E-state index in [9.17, 15) is 0 Å². The molecule has 2 aromatic heterocycles. The standard InChI is InChI=1S/C53H35NO2/c1-53(2)43-23-9-7-19-37(43)38-29-28-34(31-44(38)53)54(45-24-11-16-32-14-3-5-17-35(32)45)46-25-13-27-48-50(46)42-30-33-15-4-6-18-36(33)49(52(42)56-48)41-22-12-21-40-39-20-8-10-26-47(39)55-51(40)41/h3-31H,1-2H3. The Morgan fingerprint density at radius 2 is 1.04 bits per heavy atom. The summed E-state index contributed by atoms with van der Waals surface area (Å²) in [6, 6.07) is 63.4. The highest BCUT2D eigenvalue weighted by Gasteiger charge is 2.36. The minimum atomic E-state index is -0.147. The Bertz CT molecular complexity index is 3410. The molecule has 0 unspecified atom stereocenters. The SMILES string of the molecule is CC1(C)c2ccccc2-c2ccc(N(c3cccc4ccccc34)c3cccc4oc5c(-c6cccc7c6oc6ccccc67)c6ccccc6cc5c34)cc21. The second-order valence-electron chi connectivity index (χ2n) is 15.6. The van der Waals surface area contributed by atoms with Crippen LogP contribution in [0, 0.1) is 0 Å². The van der Waals surface area contributed by atoms with Gasteiger partial charge in [-0.2, -0.15) is 0 Å². The number of hydrogen-bond acceptors (Lipinski definition) is 3. The van der Waals surface area contributed by atoms with Crippen LogP contribution in [0.4, 0.5) is 17.1 Å². The van der Waals surface area contributed by atoms with Crippen LogP contribution in [-0.4, -0.2) is 0 Å². The molecule has 3 nitrogen and oxygen atoms in total. The van der Waals surface area contributed by atoms with Gasteiger partial charge < -0.3 is 13.7 Å². The maximum Gasteiger partial charge on any atom is 0.144 e. The Balaban J connectivity index is 1.18. The Morgan fingerprint density at radius 1 is 0.411 bits per heavy atom. The van der Waals surface area contributed by atoms with Gasteiger partial charge in [-0.25, -0.2) is 0 Å². The summed E-state index contributed by atoms with van der Waals surface area (Å²) in [5.41, 5.74) is 14.0. The number of fused-ring (bicyclic) bond motifs is 11. The second-order valence-corrected chi connectivity index (χ2v) is 15.6. The predicted octanol–water partition coefficient (Wildman–Crippen LogP) is 15.2. The van der Waals surface area contributed by atoms with Crippen molar-refractivity contribution in [3.8, 4) is 22.3 Å². The van der Waals surface area contributed by atoms with Gasteiger partial charge in [-0.05, 0) is 80.9 Å². The molecule has 0 fully saturated rings. The van der Waals surface area contributed by atoms with Crippen molar-refractivity contribution in [2.75, 3.05) is 4.90 Å². The Morgan fingerprint density at radius 3 is 1.95 bits per heavy atom. The van der Waals surface area contributed by atoms with Crippen molar-refractivity contribution in [3.63, 3.8) is 0 Å². The first-order chi connectivity index (χ1) is 27.5. The molecule has 0 atom stereocenters. The lowest BCUT2D eigenvalue weighted by Gasteiger charge is -2.29. The van der Waals surface area contributed by atoms with Crippen LogP contribution >= 0.6 is 0 Å². The molecule has 12 rings (SSSR count). The normalized spacial score (nSPS) is 13.3. The van der Waals surface area contributed by atoms with E-state index in [1.807, 2.05) is 12.1 Å². The number of furan rings is 2. The summed E-state index contributed by atoms with van der Waals surface area (Å²) in [5, 5.41) is 9.00. The number of hydrogen-bond donors (Lipinski definition) is 0. The van der Waals surface area contributed by atoms with E-state index in [2.05, 4.69) is 183 Å². The van der Waals surface area contributed by atoms with Crippen molar-refractivity contribution in [1.29, 1.82) is 0 Å². The molecule has 0 radical (unpaired) electrons. The van der Waals surface area contributed by atoms with Crippen LogP contribution in [-0.2, 0) is 5.41 Å². The van der Waals surface area contributed by atoms with Gasteiger partial charge in [0.2, 0.25) is 0 Å². The summed E-state index contributed by atoms with van der Waals surface area (Å²) in [6.45, 7) is 4.70. The summed E-state index contributed by atoms with van der Waals surface area (Å²) in [5.74, 6) is 0. The van der Waals surface area contributed by atoms with Crippen LogP contribution in [0.25, 0.3) is 87.7 Å². The molecule has 9 aromatic carbocycles. The fourth-order valence-electron chi connectivity index (χ4n) is 9.65. The van der Waals surface area contributed by atoms with Crippen molar-refractivity contribution in [1.82, 2.24) is 0 Å². The fraction of sp³-hybridized carbons (Fsp3) is 0.0566. The van der Waals surface area contributed by atoms with Gasteiger partial charge in [-0.1, -0.05) is 147 Å². The molecule has 2 heterocycles. The van der Waals surface area contributed by atoms with Crippen molar-refractivity contribution in [3.05, 3.63) is 187 Å². The van der Waals surface area contributed by atoms with Crippen molar-refractivity contribution < 1.29 is 8.83 Å². The summed E-state index contributed by atoms with van der Waals surface area (Å²) >= 11 is 0. The van der Waals surface area contributed by atoms with Crippen LogP contribution in [0.15, 0.2) is 185 Å². The average Bonchev–Trinajstić information content (AvgIpc) is 3.88. The highest BCUT2D eigenvalue weighted by atomic mass is 16.3. The zero-order valence-electron chi connectivity index (χ0n) is 31.0. The molecular weight excluding hydrogens is 683 g/mol. The minimum absolute atomic E-state index is 0.147. The van der Waals surface area contributed by atoms with Gasteiger partial charge in [0.1, 0.15) is 22.3 Å². The van der Waals surface area contributed by atoms with Gasteiger partial charge in [-0.3, -0.25) is 0 Å². The lowest BCUT2D eigenvalue weighted by molar-refractivity contribution is 0.660. The van der Waals surface area contributed by atoms with E-state index in [1.165, 1.54) is 33.0 Å².